The van der Waals surface area contributed by atoms with Crippen LogP contribution in [-0.2, 0) is 6.42 Å². The van der Waals surface area contributed by atoms with Crippen LogP contribution in [0.3, 0.4) is 0 Å². The molecule has 0 amide bonds. The smallest absolute Gasteiger partial charge is 0.0935 e. The van der Waals surface area contributed by atoms with E-state index in [1.165, 1.54) is 29.8 Å². The van der Waals surface area contributed by atoms with Gasteiger partial charge in [-0.2, -0.15) is 0 Å². The summed E-state index contributed by atoms with van der Waals surface area (Å²) in [6.07, 6.45) is 3.97. The monoisotopic (exact) mass is 293 g/mol. The molecule has 1 saturated carbocycles. The van der Waals surface area contributed by atoms with Crippen LogP contribution in [0.2, 0.25) is 0 Å². The summed E-state index contributed by atoms with van der Waals surface area (Å²) in [5.41, 5.74) is 2.31. The second-order valence-electron chi connectivity index (χ2n) is 4.28. The average molecular weight is 294 g/mol. The third-order valence-corrected chi connectivity index (χ3v) is 4.20. The lowest BCUT2D eigenvalue weighted by Crippen LogP contribution is -1.85. The quantitative estimate of drug-likeness (QED) is 0.810. The molecule has 0 atom stereocenters. The zero-order valence-electron chi connectivity index (χ0n) is 8.82. The van der Waals surface area contributed by atoms with Crippen LogP contribution < -0.4 is 0 Å². The van der Waals surface area contributed by atoms with Gasteiger partial charge in [0, 0.05) is 21.8 Å². The van der Waals surface area contributed by atoms with Crippen molar-refractivity contribution in [2.45, 2.75) is 19.3 Å². The van der Waals surface area contributed by atoms with Crippen LogP contribution in [0.4, 0.5) is 0 Å². The number of benzene rings is 1. The largest absolute Gasteiger partial charge is 0.241 e. The summed E-state index contributed by atoms with van der Waals surface area (Å²) in [6, 6.07) is 8.33. The zero-order valence-corrected chi connectivity index (χ0v) is 11.2. The third kappa shape index (κ3) is 2.36. The Morgan fingerprint density at radius 3 is 3.00 bits per heavy atom. The minimum Gasteiger partial charge on any atom is -0.241 e. The number of rotatable bonds is 3. The van der Waals surface area contributed by atoms with Crippen molar-refractivity contribution in [2.24, 2.45) is 5.92 Å². The summed E-state index contributed by atoms with van der Waals surface area (Å²) in [7, 11) is 0. The van der Waals surface area contributed by atoms with Gasteiger partial charge in [0.2, 0.25) is 0 Å². The summed E-state index contributed by atoms with van der Waals surface area (Å²) >= 11 is 5.28. The third-order valence-electron chi connectivity index (χ3n) is 2.83. The fraction of sp³-hybridized carbons (Fsp3) is 0.308. The molecule has 0 bridgehead atoms. The second kappa shape index (κ2) is 4.30. The molecule has 0 aliphatic heterocycles. The maximum Gasteiger partial charge on any atom is 0.0935 e. The van der Waals surface area contributed by atoms with Crippen molar-refractivity contribution < 1.29 is 0 Å². The summed E-state index contributed by atoms with van der Waals surface area (Å²) in [6.45, 7) is 0. The predicted octanol–water partition coefficient (Wildman–Crippen LogP) is 4.53. The van der Waals surface area contributed by atoms with Crippen LogP contribution in [0.1, 0.15) is 17.8 Å². The van der Waals surface area contributed by atoms with Gasteiger partial charge in [-0.1, -0.05) is 28.1 Å². The molecule has 0 spiro atoms. The molecule has 2 aromatic rings. The van der Waals surface area contributed by atoms with Crippen LogP contribution in [-0.4, -0.2) is 4.98 Å². The van der Waals surface area contributed by atoms with Crippen LogP contribution in [0.5, 0.6) is 0 Å². The number of hydrogen-bond donors (Lipinski definition) is 0. The molecule has 82 valence electrons. The van der Waals surface area contributed by atoms with E-state index >= 15 is 0 Å². The summed E-state index contributed by atoms with van der Waals surface area (Å²) in [5.74, 6) is 0.918. The Labute approximate surface area is 108 Å². The van der Waals surface area contributed by atoms with Crippen molar-refractivity contribution in [1.82, 2.24) is 4.98 Å². The summed E-state index contributed by atoms with van der Waals surface area (Å²) in [4.78, 5) is 4.70. The lowest BCUT2D eigenvalue weighted by molar-refractivity contribution is 0.825. The average Bonchev–Trinajstić information content (AvgIpc) is 2.94. The predicted molar refractivity (Wildman–Crippen MR) is 71.7 cm³/mol. The molecule has 0 N–H and O–H groups in total. The van der Waals surface area contributed by atoms with E-state index in [1.807, 2.05) is 6.07 Å². The molecule has 0 radical (unpaired) electrons. The second-order valence-corrected chi connectivity index (χ2v) is 6.14. The molecule has 1 aromatic heterocycles. The van der Waals surface area contributed by atoms with Crippen LogP contribution in [0, 0.1) is 5.92 Å². The molecule has 1 aromatic carbocycles. The molecule has 1 aliphatic carbocycles. The molecule has 3 rings (SSSR count). The number of aromatic nitrogens is 1. The Kier molecular flexibility index (Phi) is 2.82. The van der Waals surface area contributed by atoms with Crippen LogP contribution in [0.25, 0.3) is 11.3 Å². The van der Waals surface area contributed by atoms with Crippen molar-refractivity contribution in [1.29, 1.82) is 0 Å². The number of hydrogen-bond acceptors (Lipinski definition) is 2. The lowest BCUT2D eigenvalue weighted by Gasteiger charge is -1.97. The molecular formula is C13H12BrNS. The first-order valence-electron chi connectivity index (χ1n) is 5.51. The fourth-order valence-electron chi connectivity index (χ4n) is 1.75. The van der Waals surface area contributed by atoms with Gasteiger partial charge in [0.1, 0.15) is 0 Å². The fourth-order valence-corrected chi connectivity index (χ4v) is 3.07. The van der Waals surface area contributed by atoms with Crippen molar-refractivity contribution in [3.8, 4) is 11.3 Å². The molecule has 1 aliphatic rings. The van der Waals surface area contributed by atoms with E-state index in [0.29, 0.717) is 0 Å². The van der Waals surface area contributed by atoms with Gasteiger partial charge in [0.15, 0.2) is 0 Å². The van der Waals surface area contributed by atoms with Gasteiger partial charge in [-0.25, -0.2) is 4.98 Å². The molecule has 16 heavy (non-hydrogen) atoms. The molecule has 3 heteroatoms. The minimum atomic E-state index is 0.918. The normalized spacial score (nSPS) is 15.3. The van der Waals surface area contributed by atoms with Gasteiger partial charge in [0.05, 0.1) is 10.7 Å². The maximum atomic E-state index is 4.70. The summed E-state index contributed by atoms with van der Waals surface area (Å²) < 4.78 is 1.11. The van der Waals surface area contributed by atoms with Gasteiger partial charge in [-0.3, -0.25) is 0 Å². The van der Waals surface area contributed by atoms with E-state index < -0.39 is 0 Å². The van der Waals surface area contributed by atoms with E-state index in [4.69, 9.17) is 4.98 Å². The highest BCUT2D eigenvalue weighted by atomic mass is 79.9. The molecule has 1 heterocycles. The van der Waals surface area contributed by atoms with E-state index in [9.17, 15) is 0 Å². The minimum absolute atomic E-state index is 0.918. The standard InChI is InChI=1S/C13H12BrNS/c14-11-3-1-2-10(7-11)12-8-16-13(15-12)6-9-4-5-9/h1-3,7-9H,4-6H2. The Bertz CT molecular complexity index is 502. The lowest BCUT2D eigenvalue weighted by atomic mass is 10.2. The maximum absolute atomic E-state index is 4.70. The topological polar surface area (TPSA) is 12.9 Å². The SMILES string of the molecule is Brc1cccc(-c2csc(CC3CC3)n2)c1. The Morgan fingerprint density at radius 1 is 1.38 bits per heavy atom. The van der Waals surface area contributed by atoms with Gasteiger partial charge >= 0.3 is 0 Å². The van der Waals surface area contributed by atoms with Crippen molar-refractivity contribution in [3.05, 3.63) is 39.1 Å². The molecule has 0 unspecified atom stereocenters. The first kappa shape index (κ1) is 10.5. The van der Waals surface area contributed by atoms with Crippen molar-refractivity contribution in [3.63, 3.8) is 0 Å². The highest BCUT2D eigenvalue weighted by Crippen LogP contribution is 2.34. The molecular weight excluding hydrogens is 282 g/mol. The van der Waals surface area contributed by atoms with Gasteiger partial charge in [0.25, 0.3) is 0 Å². The first-order valence-corrected chi connectivity index (χ1v) is 7.19. The Hall–Kier alpha value is -0.670. The molecule has 1 fully saturated rings. The Balaban J connectivity index is 1.85. The summed E-state index contributed by atoms with van der Waals surface area (Å²) in [5, 5.41) is 3.46. The number of nitrogens with zero attached hydrogens (tertiary/aromatic N) is 1. The first-order chi connectivity index (χ1) is 7.81. The zero-order chi connectivity index (χ0) is 11.0. The van der Waals surface area contributed by atoms with Gasteiger partial charge in [-0.15, -0.1) is 11.3 Å². The van der Waals surface area contributed by atoms with E-state index in [2.05, 4.69) is 39.5 Å². The highest BCUT2D eigenvalue weighted by molar-refractivity contribution is 9.10. The van der Waals surface area contributed by atoms with E-state index in [-0.39, 0.29) is 0 Å². The Morgan fingerprint density at radius 2 is 2.25 bits per heavy atom. The highest BCUT2D eigenvalue weighted by Gasteiger charge is 2.22. The van der Waals surface area contributed by atoms with Crippen LogP contribution >= 0.6 is 27.3 Å². The number of thiazole rings is 1. The van der Waals surface area contributed by atoms with Gasteiger partial charge in [-0.05, 0) is 30.9 Å². The van der Waals surface area contributed by atoms with E-state index in [1.54, 1.807) is 11.3 Å². The van der Waals surface area contributed by atoms with E-state index in [0.717, 1.165) is 16.1 Å². The van der Waals surface area contributed by atoms with Gasteiger partial charge < -0.3 is 0 Å². The molecule has 1 nitrogen and oxygen atoms in total. The van der Waals surface area contributed by atoms with Crippen LogP contribution in [0.15, 0.2) is 34.1 Å². The van der Waals surface area contributed by atoms with Crippen molar-refractivity contribution >= 4 is 27.3 Å². The molecule has 0 saturated heterocycles. The van der Waals surface area contributed by atoms with Crippen molar-refractivity contribution in [2.75, 3.05) is 0 Å². The number of halogens is 1.